The van der Waals surface area contributed by atoms with Gasteiger partial charge in [-0.1, -0.05) is 29.6 Å². The van der Waals surface area contributed by atoms with E-state index in [4.69, 9.17) is 49.6 Å². The molecule has 12 heteroatoms. The van der Waals surface area contributed by atoms with Gasteiger partial charge in [0.1, 0.15) is 5.75 Å². The van der Waals surface area contributed by atoms with Gasteiger partial charge < -0.3 is 19.1 Å². The number of rotatable bonds is 11. The molecule has 1 aliphatic rings. The molecule has 1 aliphatic heterocycles. The molecule has 5 rings (SSSR count). The molecule has 0 unspecified atom stereocenters. The zero-order valence-electron chi connectivity index (χ0n) is 24.1. The van der Waals surface area contributed by atoms with Crippen molar-refractivity contribution >= 4 is 63.3 Å². The number of halogens is 3. The number of benzene rings is 3. The first-order valence-corrected chi connectivity index (χ1v) is 15.4. The minimum Gasteiger partial charge on any atom is -0.493 e. The third-order valence-electron chi connectivity index (χ3n) is 6.99. The van der Waals surface area contributed by atoms with Gasteiger partial charge >= 0.3 is 0 Å². The largest absolute Gasteiger partial charge is 0.493 e. The Bertz CT molecular complexity index is 1630. The number of piperidine rings is 1. The highest BCUT2D eigenvalue weighted by Gasteiger charge is 2.15. The molecule has 44 heavy (non-hydrogen) atoms. The van der Waals surface area contributed by atoms with Gasteiger partial charge in [-0.3, -0.25) is 15.8 Å². The number of aromatic nitrogens is 1. The second-order valence-electron chi connectivity index (χ2n) is 10.2. The Balaban J connectivity index is 1.21. The van der Waals surface area contributed by atoms with Crippen LogP contribution in [0.5, 0.6) is 23.0 Å². The number of thiocarbonyl (C=S) groups is 1. The third-order valence-corrected chi connectivity index (χ3v) is 7.64. The zero-order chi connectivity index (χ0) is 30.9. The van der Waals surface area contributed by atoms with Gasteiger partial charge in [-0.2, -0.15) is 0 Å². The van der Waals surface area contributed by atoms with Crippen LogP contribution in [0.15, 0.2) is 65.8 Å². The fourth-order valence-electron chi connectivity index (χ4n) is 4.86. The van der Waals surface area contributed by atoms with Gasteiger partial charge in [0.2, 0.25) is 5.11 Å². The van der Waals surface area contributed by atoms with Gasteiger partial charge in [0, 0.05) is 40.5 Å². The third kappa shape index (κ3) is 8.69. The van der Waals surface area contributed by atoms with E-state index in [1.807, 2.05) is 6.07 Å². The van der Waals surface area contributed by atoms with Crippen LogP contribution in [0, 0.1) is 5.82 Å². The van der Waals surface area contributed by atoms with Crippen LogP contribution >= 0.6 is 35.4 Å². The Hall–Kier alpha value is -3.70. The second-order valence-corrected chi connectivity index (χ2v) is 11.5. The first-order valence-electron chi connectivity index (χ1n) is 14.2. The molecule has 0 spiro atoms. The summed E-state index contributed by atoms with van der Waals surface area (Å²) in [4.78, 5) is 11.1. The predicted octanol–water partition coefficient (Wildman–Crippen LogP) is 8.06. The minimum absolute atomic E-state index is 0.0480. The number of nitrogens with zero attached hydrogens (tertiary/aromatic N) is 3. The van der Waals surface area contributed by atoms with Crippen molar-refractivity contribution in [2.24, 2.45) is 4.99 Å². The fourth-order valence-corrected chi connectivity index (χ4v) is 5.49. The maximum atomic E-state index is 15.1. The van der Waals surface area contributed by atoms with Crippen LogP contribution in [0.1, 0.15) is 31.2 Å². The van der Waals surface area contributed by atoms with Crippen molar-refractivity contribution in [3.8, 4) is 23.0 Å². The van der Waals surface area contributed by atoms with E-state index in [-0.39, 0.29) is 10.9 Å². The summed E-state index contributed by atoms with van der Waals surface area (Å²) in [5.74, 6) is 1.08. The maximum Gasteiger partial charge on any atom is 0.211 e. The van der Waals surface area contributed by atoms with Crippen molar-refractivity contribution in [2.45, 2.75) is 25.7 Å². The first kappa shape index (κ1) is 31.7. The summed E-state index contributed by atoms with van der Waals surface area (Å²) in [6.45, 7) is 3.91. The lowest BCUT2D eigenvalue weighted by molar-refractivity contribution is 0.203. The van der Waals surface area contributed by atoms with Crippen LogP contribution in [0.3, 0.4) is 0 Å². The number of fused-ring (bicyclic) bond motifs is 1. The Morgan fingerprint density at radius 2 is 1.80 bits per heavy atom. The van der Waals surface area contributed by atoms with Crippen LogP contribution in [0.2, 0.25) is 10.0 Å². The van der Waals surface area contributed by atoms with E-state index in [1.54, 1.807) is 49.7 Å². The number of anilines is 1. The Morgan fingerprint density at radius 1 is 1.00 bits per heavy atom. The molecule has 230 valence electrons. The Kier molecular flexibility index (Phi) is 11.1. The molecule has 2 N–H and O–H groups in total. The predicted molar refractivity (Wildman–Crippen MR) is 179 cm³/mol. The summed E-state index contributed by atoms with van der Waals surface area (Å²) in [6, 6.07) is 14.8. The van der Waals surface area contributed by atoms with Gasteiger partial charge in [0.15, 0.2) is 23.1 Å². The topological polar surface area (TPSA) is 80.2 Å². The van der Waals surface area contributed by atoms with Gasteiger partial charge in [0.05, 0.1) is 24.9 Å². The maximum absolute atomic E-state index is 15.1. The van der Waals surface area contributed by atoms with Crippen LogP contribution in [-0.4, -0.2) is 54.6 Å². The summed E-state index contributed by atoms with van der Waals surface area (Å²) in [7, 11) is 1.59. The molecule has 0 bridgehead atoms. The number of hydrogen-bond donors (Lipinski definition) is 2. The van der Waals surface area contributed by atoms with Gasteiger partial charge in [-0.05, 0) is 98.7 Å². The normalized spacial score (nSPS) is 13.6. The van der Waals surface area contributed by atoms with Crippen LogP contribution in [0.25, 0.3) is 10.9 Å². The molecule has 8 nitrogen and oxygen atoms in total. The summed E-state index contributed by atoms with van der Waals surface area (Å²) < 4.78 is 32.7. The van der Waals surface area contributed by atoms with Gasteiger partial charge in [-0.25, -0.2) is 9.38 Å². The van der Waals surface area contributed by atoms with Crippen LogP contribution in [-0.2, 0) is 0 Å². The quantitative estimate of drug-likeness (QED) is 0.0727. The van der Waals surface area contributed by atoms with Crippen molar-refractivity contribution in [2.75, 3.05) is 38.8 Å². The lowest BCUT2D eigenvalue weighted by Gasteiger charge is -2.26. The number of hydrazine groups is 1. The number of pyridine rings is 1. The van der Waals surface area contributed by atoms with Crippen molar-refractivity contribution in [1.29, 1.82) is 0 Å². The summed E-state index contributed by atoms with van der Waals surface area (Å²) in [5.41, 5.74) is 7.38. The molecular weight excluding hydrogens is 624 g/mol. The highest BCUT2D eigenvalue weighted by Crippen LogP contribution is 2.37. The Morgan fingerprint density at radius 3 is 2.55 bits per heavy atom. The number of methoxy groups -OCH3 is 1. The summed E-state index contributed by atoms with van der Waals surface area (Å²) >= 11 is 17.2. The summed E-state index contributed by atoms with van der Waals surface area (Å²) in [5, 5.41) is 1.74. The molecule has 0 atom stereocenters. The lowest BCUT2D eigenvalue weighted by Crippen LogP contribution is -2.31. The van der Waals surface area contributed by atoms with Crippen molar-refractivity contribution < 1.29 is 18.6 Å². The Labute approximate surface area is 271 Å². The molecule has 1 aromatic heterocycles. The molecule has 4 aromatic rings. The number of nitrogens with one attached hydrogen (secondary N) is 2. The number of hydrogen-bond acceptors (Lipinski definition) is 7. The average Bonchev–Trinajstić information content (AvgIpc) is 3.02. The average molecular weight is 657 g/mol. The molecule has 2 heterocycles. The monoisotopic (exact) mass is 655 g/mol. The lowest BCUT2D eigenvalue weighted by atomic mass is 10.1. The number of likely N-dealkylation sites (tertiary alicyclic amines) is 1. The molecule has 0 amide bonds. The minimum atomic E-state index is -0.565. The zero-order valence-corrected chi connectivity index (χ0v) is 26.4. The summed E-state index contributed by atoms with van der Waals surface area (Å²) in [6.07, 6.45) is 7.84. The molecule has 1 saturated heterocycles. The van der Waals surface area contributed by atoms with E-state index < -0.39 is 5.82 Å². The van der Waals surface area contributed by atoms with E-state index in [0.717, 1.165) is 26.1 Å². The van der Waals surface area contributed by atoms with E-state index in [2.05, 4.69) is 25.7 Å². The van der Waals surface area contributed by atoms with Crippen molar-refractivity contribution in [3.63, 3.8) is 0 Å². The molecular formula is C32H32Cl2FN5O3S. The number of aliphatic imine (C=N–C) groups is 1. The van der Waals surface area contributed by atoms with Gasteiger partial charge in [-0.15, -0.1) is 0 Å². The second kappa shape index (κ2) is 15.3. The van der Waals surface area contributed by atoms with Gasteiger partial charge in [0.25, 0.3) is 0 Å². The fraction of sp³-hybridized carbons (Fsp3) is 0.281. The SMILES string of the molecule is COc1cc2c(Oc3ccc(C=NC(=S)NNc4cc(Cl)cc(Cl)c4)cc3F)ccnc2cc1OCCCN1CCCCC1. The number of ether oxygens (including phenoxy) is 3. The molecule has 0 aliphatic carbocycles. The smallest absolute Gasteiger partial charge is 0.211 e. The standard InChI is InChI=1S/C32H32Cl2FN5O3S/c1-41-30-18-25-27(19-31(30)42-13-5-12-40-10-3-2-4-11-40)36-9-8-28(25)43-29-7-6-21(14-26(29)35)20-37-32(44)39-38-24-16-22(33)15-23(34)17-24/h6-9,14-20,38H,2-5,10-13H2,1H3,(H,39,44). The van der Waals surface area contributed by atoms with E-state index in [9.17, 15) is 0 Å². The molecule has 0 radical (unpaired) electrons. The highest BCUT2D eigenvalue weighted by molar-refractivity contribution is 7.80. The van der Waals surface area contributed by atoms with E-state index >= 15 is 4.39 Å². The van der Waals surface area contributed by atoms with Crippen LogP contribution < -0.4 is 25.1 Å². The van der Waals surface area contributed by atoms with E-state index in [1.165, 1.54) is 37.6 Å². The molecule has 1 fully saturated rings. The van der Waals surface area contributed by atoms with Crippen molar-refractivity contribution in [3.05, 3.63) is 82.2 Å². The molecule has 0 saturated carbocycles. The van der Waals surface area contributed by atoms with Crippen molar-refractivity contribution in [1.82, 2.24) is 15.3 Å². The first-order chi connectivity index (χ1) is 21.4. The highest BCUT2D eigenvalue weighted by atomic mass is 35.5. The molecule has 3 aromatic carbocycles. The van der Waals surface area contributed by atoms with Crippen LogP contribution in [0.4, 0.5) is 10.1 Å². The van der Waals surface area contributed by atoms with E-state index in [0.29, 0.717) is 56.1 Å².